The maximum absolute atomic E-state index is 12.7. The van der Waals surface area contributed by atoms with Gasteiger partial charge >= 0.3 is 5.97 Å². The summed E-state index contributed by atoms with van der Waals surface area (Å²) in [7, 11) is 1.33. The van der Waals surface area contributed by atoms with Crippen LogP contribution in [0.25, 0.3) is 11.1 Å². The Balaban J connectivity index is 1.66. The van der Waals surface area contributed by atoms with Crippen LogP contribution in [0.5, 0.6) is 0 Å². The molecule has 1 N–H and O–H groups in total. The Morgan fingerprint density at radius 3 is 2.00 bits per heavy atom. The lowest BCUT2D eigenvalue weighted by Crippen LogP contribution is -2.39. The second kappa shape index (κ2) is 9.62. The third kappa shape index (κ3) is 5.15. The monoisotopic (exact) mass is 373 g/mol. The van der Waals surface area contributed by atoms with Gasteiger partial charge in [0.15, 0.2) is 5.78 Å². The van der Waals surface area contributed by atoms with E-state index < -0.39 is 12.0 Å². The second-order valence-corrected chi connectivity index (χ2v) is 6.51. The van der Waals surface area contributed by atoms with E-state index in [0.717, 1.165) is 16.7 Å². The number of ketones is 1. The van der Waals surface area contributed by atoms with Crippen molar-refractivity contribution in [3.05, 3.63) is 96.1 Å². The molecule has 0 heterocycles. The third-order valence-electron chi connectivity index (χ3n) is 4.58. The van der Waals surface area contributed by atoms with Gasteiger partial charge in [-0.05, 0) is 16.7 Å². The minimum absolute atomic E-state index is 0.0458. The molecule has 0 aromatic heterocycles. The van der Waals surface area contributed by atoms with Crippen LogP contribution in [-0.4, -0.2) is 24.9 Å². The first-order chi connectivity index (χ1) is 13.7. The molecule has 1 unspecified atom stereocenters. The van der Waals surface area contributed by atoms with Crippen molar-refractivity contribution in [1.29, 1.82) is 0 Å². The van der Waals surface area contributed by atoms with Crippen LogP contribution in [0.1, 0.15) is 22.3 Å². The van der Waals surface area contributed by atoms with E-state index in [-0.39, 0.29) is 12.2 Å². The van der Waals surface area contributed by atoms with Gasteiger partial charge in [-0.25, -0.2) is 0 Å². The highest BCUT2D eigenvalue weighted by Gasteiger charge is 2.23. The molecule has 4 nitrogen and oxygen atoms in total. The molecule has 142 valence electrons. The standard InChI is InChI=1S/C24H23NO3/c1-28-24(27)22(25-17-18-8-4-2-5-9-18)16-23(26)21-14-12-20(13-15-21)19-10-6-3-7-11-19/h2-15,22,25H,16-17H2,1H3. The summed E-state index contributed by atoms with van der Waals surface area (Å²) in [6, 6.07) is 26.5. The fourth-order valence-corrected chi connectivity index (χ4v) is 3.00. The first-order valence-electron chi connectivity index (χ1n) is 9.21. The molecule has 0 saturated carbocycles. The van der Waals surface area contributed by atoms with Crippen molar-refractivity contribution in [1.82, 2.24) is 5.32 Å². The lowest BCUT2D eigenvalue weighted by atomic mass is 9.99. The molecule has 0 aliphatic carbocycles. The minimum Gasteiger partial charge on any atom is -0.468 e. The summed E-state index contributed by atoms with van der Waals surface area (Å²) in [6.07, 6.45) is 0.0458. The van der Waals surface area contributed by atoms with Crippen LogP contribution in [0.4, 0.5) is 0 Å². The van der Waals surface area contributed by atoms with Crippen LogP contribution in [0.2, 0.25) is 0 Å². The molecule has 1 atom stereocenters. The molecule has 28 heavy (non-hydrogen) atoms. The molecule has 4 heteroatoms. The molecular formula is C24H23NO3. The Morgan fingerprint density at radius 1 is 0.821 bits per heavy atom. The van der Waals surface area contributed by atoms with Crippen LogP contribution >= 0.6 is 0 Å². The molecule has 0 aliphatic heterocycles. The maximum Gasteiger partial charge on any atom is 0.323 e. The van der Waals surface area contributed by atoms with Gasteiger partial charge in [-0.15, -0.1) is 0 Å². The zero-order valence-corrected chi connectivity index (χ0v) is 15.8. The van der Waals surface area contributed by atoms with Crippen molar-refractivity contribution in [2.45, 2.75) is 19.0 Å². The fraction of sp³-hybridized carbons (Fsp3) is 0.167. The minimum atomic E-state index is -0.688. The van der Waals surface area contributed by atoms with Gasteiger partial charge < -0.3 is 4.74 Å². The van der Waals surface area contributed by atoms with Gasteiger partial charge in [0.05, 0.1) is 7.11 Å². The van der Waals surface area contributed by atoms with E-state index in [1.165, 1.54) is 7.11 Å². The summed E-state index contributed by atoms with van der Waals surface area (Å²) < 4.78 is 4.86. The van der Waals surface area contributed by atoms with Crippen LogP contribution in [-0.2, 0) is 16.1 Å². The first-order valence-corrected chi connectivity index (χ1v) is 9.21. The van der Waals surface area contributed by atoms with Crippen LogP contribution < -0.4 is 5.32 Å². The van der Waals surface area contributed by atoms with E-state index in [2.05, 4.69) is 5.32 Å². The summed E-state index contributed by atoms with van der Waals surface area (Å²) in [5, 5.41) is 3.13. The smallest absolute Gasteiger partial charge is 0.323 e. The molecule has 0 spiro atoms. The van der Waals surface area contributed by atoms with Crippen molar-refractivity contribution < 1.29 is 14.3 Å². The van der Waals surface area contributed by atoms with Crippen molar-refractivity contribution in [3.8, 4) is 11.1 Å². The zero-order chi connectivity index (χ0) is 19.8. The number of nitrogens with one attached hydrogen (secondary N) is 1. The van der Waals surface area contributed by atoms with E-state index in [9.17, 15) is 9.59 Å². The molecule has 3 aromatic rings. The summed E-state index contributed by atoms with van der Waals surface area (Å²) in [6.45, 7) is 0.487. The van der Waals surface area contributed by atoms with Crippen LogP contribution in [0.3, 0.4) is 0 Å². The lowest BCUT2D eigenvalue weighted by molar-refractivity contribution is -0.143. The molecule has 0 aliphatic rings. The van der Waals surface area contributed by atoms with Crippen LogP contribution in [0, 0.1) is 0 Å². The van der Waals surface area contributed by atoms with E-state index in [1.54, 1.807) is 12.1 Å². The number of carbonyl (C=O) groups is 2. The third-order valence-corrected chi connectivity index (χ3v) is 4.58. The van der Waals surface area contributed by atoms with Crippen molar-refractivity contribution in [2.75, 3.05) is 7.11 Å². The summed E-state index contributed by atoms with van der Waals surface area (Å²) >= 11 is 0. The van der Waals surface area contributed by atoms with E-state index in [1.807, 2.05) is 72.8 Å². The summed E-state index contributed by atoms with van der Waals surface area (Å²) in [5.41, 5.74) is 3.76. The van der Waals surface area contributed by atoms with Crippen molar-refractivity contribution >= 4 is 11.8 Å². The largest absolute Gasteiger partial charge is 0.468 e. The number of rotatable bonds is 8. The summed E-state index contributed by atoms with van der Waals surface area (Å²) in [5.74, 6) is -0.541. The fourth-order valence-electron chi connectivity index (χ4n) is 3.00. The average Bonchev–Trinajstić information content (AvgIpc) is 2.77. The number of ether oxygens (including phenoxy) is 1. The highest BCUT2D eigenvalue weighted by molar-refractivity contribution is 5.99. The topological polar surface area (TPSA) is 55.4 Å². The number of hydrogen-bond acceptors (Lipinski definition) is 4. The van der Waals surface area contributed by atoms with Gasteiger partial charge in [0, 0.05) is 18.5 Å². The van der Waals surface area contributed by atoms with Gasteiger partial charge in [0.2, 0.25) is 0 Å². The molecular weight excluding hydrogens is 350 g/mol. The van der Waals surface area contributed by atoms with Crippen LogP contribution in [0.15, 0.2) is 84.9 Å². The molecule has 3 aromatic carbocycles. The first kappa shape index (κ1) is 19.5. The SMILES string of the molecule is COC(=O)C(CC(=O)c1ccc(-c2ccccc2)cc1)NCc1ccccc1. The number of Topliss-reactive ketones (excluding diaryl/α,β-unsaturated/α-hetero) is 1. The Morgan fingerprint density at radius 2 is 1.39 bits per heavy atom. The predicted molar refractivity (Wildman–Crippen MR) is 110 cm³/mol. The van der Waals surface area contributed by atoms with Gasteiger partial charge in [-0.2, -0.15) is 0 Å². The molecule has 0 bridgehead atoms. The normalized spacial score (nSPS) is 11.6. The van der Waals surface area contributed by atoms with Crippen molar-refractivity contribution in [2.24, 2.45) is 0 Å². The van der Waals surface area contributed by atoms with E-state index in [0.29, 0.717) is 12.1 Å². The Labute approximate surface area is 165 Å². The van der Waals surface area contributed by atoms with E-state index in [4.69, 9.17) is 4.74 Å². The Kier molecular flexibility index (Phi) is 6.71. The predicted octanol–water partition coefficient (Wildman–Crippen LogP) is 4.26. The molecule has 3 rings (SSSR count). The molecule has 0 fully saturated rings. The number of hydrogen-bond donors (Lipinski definition) is 1. The summed E-state index contributed by atoms with van der Waals surface area (Å²) in [4.78, 5) is 24.8. The number of carbonyl (C=O) groups excluding carboxylic acids is 2. The number of esters is 1. The van der Waals surface area contributed by atoms with Crippen molar-refractivity contribution in [3.63, 3.8) is 0 Å². The molecule has 0 saturated heterocycles. The van der Waals surface area contributed by atoms with E-state index >= 15 is 0 Å². The Bertz CT molecular complexity index is 906. The van der Waals surface area contributed by atoms with Gasteiger partial charge in [-0.3, -0.25) is 14.9 Å². The van der Waals surface area contributed by atoms with Gasteiger partial charge in [-0.1, -0.05) is 84.9 Å². The van der Waals surface area contributed by atoms with Gasteiger partial charge in [0.25, 0.3) is 0 Å². The lowest BCUT2D eigenvalue weighted by Gasteiger charge is -2.16. The quantitative estimate of drug-likeness (QED) is 0.474. The highest BCUT2D eigenvalue weighted by Crippen LogP contribution is 2.20. The number of benzene rings is 3. The number of methoxy groups -OCH3 is 1. The highest BCUT2D eigenvalue weighted by atomic mass is 16.5. The molecule has 0 amide bonds. The average molecular weight is 373 g/mol. The maximum atomic E-state index is 12.7. The Hall–Kier alpha value is -3.24. The van der Waals surface area contributed by atoms with Gasteiger partial charge in [0.1, 0.15) is 6.04 Å². The zero-order valence-electron chi connectivity index (χ0n) is 15.8. The molecule has 0 radical (unpaired) electrons. The second-order valence-electron chi connectivity index (χ2n) is 6.51.